The number of aliphatic hydroxyl groups excluding tert-OH is 1. The van der Waals surface area contributed by atoms with E-state index in [-0.39, 0.29) is 12.5 Å². The molecule has 1 aliphatic carbocycles. The van der Waals surface area contributed by atoms with E-state index in [9.17, 15) is 9.90 Å². The lowest BCUT2D eigenvalue weighted by atomic mass is 10.2. The summed E-state index contributed by atoms with van der Waals surface area (Å²) in [6.07, 6.45) is 3.09. The molecule has 0 bridgehead atoms. The lowest BCUT2D eigenvalue weighted by molar-refractivity contribution is 0.0905. The first-order valence-electron chi connectivity index (χ1n) is 6.03. The highest BCUT2D eigenvalue weighted by Gasteiger charge is 2.30. The van der Waals surface area contributed by atoms with Crippen molar-refractivity contribution in [3.8, 4) is 5.69 Å². The van der Waals surface area contributed by atoms with Crippen molar-refractivity contribution in [1.82, 2.24) is 25.5 Å². The summed E-state index contributed by atoms with van der Waals surface area (Å²) in [6, 6.07) is 1.78. The molecule has 100 valence electrons. The molecule has 1 amide bonds. The van der Waals surface area contributed by atoms with Gasteiger partial charge in [-0.05, 0) is 40.6 Å². The average Bonchev–Trinajstić information content (AvgIpc) is 2.94. The van der Waals surface area contributed by atoms with Gasteiger partial charge >= 0.3 is 0 Å². The Balaban J connectivity index is 1.68. The van der Waals surface area contributed by atoms with Gasteiger partial charge < -0.3 is 10.4 Å². The molecule has 0 saturated heterocycles. The van der Waals surface area contributed by atoms with Crippen LogP contribution in [0.4, 0.5) is 0 Å². The predicted molar refractivity (Wildman–Crippen MR) is 68.1 cm³/mol. The minimum atomic E-state index is -0.444. The number of hydrogen-bond acceptors (Lipinski definition) is 6. The Morgan fingerprint density at radius 2 is 2.47 bits per heavy atom. The summed E-state index contributed by atoms with van der Waals surface area (Å²) in [5.41, 5.74) is 0.647. The first-order chi connectivity index (χ1) is 9.25. The third-order valence-electron chi connectivity index (χ3n) is 3.08. The number of carbonyl (C=O) groups is 1. The van der Waals surface area contributed by atoms with E-state index in [1.54, 1.807) is 6.07 Å². The highest BCUT2D eigenvalue weighted by Crippen LogP contribution is 2.32. The highest BCUT2D eigenvalue weighted by atomic mass is 32.1. The molecule has 2 N–H and O–H groups in total. The molecule has 2 aromatic heterocycles. The summed E-state index contributed by atoms with van der Waals surface area (Å²) in [7, 11) is 0. The molecule has 19 heavy (non-hydrogen) atoms. The first-order valence-corrected chi connectivity index (χ1v) is 6.91. The molecule has 0 radical (unpaired) electrons. The quantitative estimate of drug-likeness (QED) is 0.817. The lowest BCUT2D eigenvalue weighted by Crippen LogP contribution is -2.33. The van der Waals surface area contributed by atoms with E-state index in [1.165, 1.54) is 22.3 Å². The van der Waals surface area contributed by atoms with Crippen LogP contribution in [0.5, 0.6) is 0 Å². The van der Waals surface area contributed by atoms with Crippen LogP contribution in [0.25, 0.3) is 5.69 Å². The SMILES string of the molecule is O=C(NCC(O)C1CC1)c1sccc1-n1cnnn1. The van der Waals surface area contributed by atoms with Crippen molar-refractivity contribution in [2.75, 3.05) is 6.54 Å². The molecule has 1 fully saturated rings. The van der Waals surface area contributed by atoms with Gasteiger partial charge in [0.05, 0.1) is 11.8 Å². The minimum Gasteiger partial charge on any atom is -0.391 e. The van der Waals surface area contributed by atoms with Gasteiger partial charge in [0.25, 0.3) is 5.91 Å². The van der Waals surface area contributed by atoms with Gasteiger partial charge in [-0.1, -0.05) is 0 Å². The summed E-state index contributed by atoms with van der Waals surface area (Å²) >= 11 is 1.32. The molecule has 0 spiro atoms. The fraction of sp³-hybridized carbons (Fsp3) is 0.455. The maximum Gasteiger partial charge on any atom is 0.263 e. The summed E-state index contributed by atoms with van der Waals surface area (Å²) in [6.45, 7) is 0.288. The van der Waals surface area contributed by atoms with Gasteiger partial charge in [0, 0.05) is 6.54 Å². The Labute approximate surface area is 113 Å². The molecule has 1 aliphatic rings. The van der Waals surface area contributed by atoms with Crippen LogP contribution in [0.2, 0.25) is 0 Å². The van der Waals surface area contributed by atoms with Crippen molar-refractivity contribution < 1.29 is 9.90 Å². The van der Waals surface area contributed by atoms with E-state index in [0.29, 0.717) is 16.5 Å². The number of aromatic nitrogens is 4. The molecule has 8 heteroatoms. The monoisotopic (exact) mass is 279 g/mol. The smallest absolute Gasteiger partial charge is 0.263 e. The van der Waals surface area contributed by atoms with Crippen LogP contribution in [0.15, 0.2) is 17.8 Å². The Bertz CT molecular complexity index is 563. The maximum atomic E-state index is 12.1. The zero-order valence-corrected chi connectivity index (χ0v) is 10.9. The van der Waals surface area contributed by atoms with Crippen LogP contribution in [0.1, 0.15) is 22.5 Å². The average molecular weight is 279 g/mol. The lowest BCUT2D eigenvalue weighted by Gasteiger charge is -2.10. The molecule has 1 saturated carbocycles. The first kappa shape index (κ1) is 12.2. The van der Waals surface area contributed by atoms with E-state index in [2.05, 4.69) is 20.8 Å². The van der Waals surface area contributed by atoms with Crippen LogP contribution in [-0.4, -0.2) is 43.9 Å². The van der Waals surface area contributed by atoms with Crippen molar-refractivity contribution in [3.63, 3.8) is 0 Å². The van der Waals surface area contributed by atoms with Crippen molar-refractivity contribution in [1.29, 1.82) is 0 Å². The Hall–Kier alpha value is -1.80. The Morgan fingerprint density at radius 3 is 3.16 bits per heavy atom. The molecule has 1 unspecified atom stereocenters. The van der Waals surface area contributed by atoms with Gasteiger partial charge in [-0.3, -0.25) is 4.79 Å². The number of carbonyl (C=O) groups excluding carboxylic acids is 1. The van der Waals surface area contributed by atoms with Gasteiger partial charge in [-0.2, -0.15) is 4.68 Å². The van der Waals surface area contributed by atoms with E-state index < -0.39 is 6.10 Å². The van der Waals surface area contributed by atoms with Crippen molar-refractivity contribution in [3.05, 3.63) is 22.7 Å². The number of amides is 1. The van der Waals surface area contributed by atoms with Crippen LogP contribution in [-0.2, 0) is 0 Å². The number of nitrogens with one attached hydrogen (secondary N) is 1. The van der Waals surface area contributed by atoms with Crippen LogP contribution in [0.3, 0.4) is 0 Å². The summed E-state index contributed by atoms with van der Waals surface area (Å²) in [4.78, 5) is 12.6. The molecular weight excluding hydrogens is 266 g/mol. The van der Waals surface area contributed by atoms with E-state index >= 15 is 0 Å². The number of rotatable bonds is 5. The second-order valence-corrected chi connectivity index (χ2v) is 5.42. The number of tetrazole rings is 1. The third kappa shape index (κ3) is 2.64. The fourth-order valence-corrected chi connectivity index (χ4v) is 2.64. The zero-order chi connectivity index (χ0) is 13.2. The zero-order valence-electron chi connectivity index (χ0n) is 10.1. The van der Waals surface area contributed by atoms with Gasteiger partial charge in [0.2, 0.25) is 0 Å². The van der Waals surface area contributed by atoms with Crippen molar-refractivity contribution in [2.45, 2.75) is 18.9 Å². The third-order valence-corrected chi connectivity index (χ3v) is 3.99. The van der Waals surface area contributed by atoms with Crippen LogP contribution < -0.4 is 5.32 Å². The van der Waals surface area contributed by atoms with Crippen molar-refractivity contribution >= 4 is 17.2 Å². The van der Waals surface area contributed by atoms with Gasteiger partial charge in [0.15, 0.2) is 0 Å². The normalized spacial score (nSPS) is 16.3. The van der Waals surface area contributed by atoms with E-state index in [4.69, 9.17) is 0 Å². The largest absolute Gasteiger partial charge is 0.391 e. The molecule has 0 aliphatic heterocycles. The second-order valence-electron chi connectivity index (χ2n) is 4.50. The Kier molecular flexibility index (Phi) is 3.26. The number of aliphatic hydroxyl groups is 1. The molecule has 3 rings (SSSR count). The van der Waals surface area contributed by atoms with Crippen LogP contribution in [0, 0.1) is 5.92 Å². The molecule has 2 heterocycles. The van der Waals surface area contributed by atoms with Gasteiger partial charge in [-0.15, -0.1) is 16.4 Å². The number of nitrogens with zero attached hydrogens (tertiary/aromatic N) is 4. The number of thiophene rings is 1. The molecule has 1 atom stereocenters. The van der Waals surface area contributed by atoms with Gasteiger partial charge in [0.1, 0.15) is 11.2 Å². The molecular formula is C11H13N5O2S. The van der Waals surface area contributed by atoms with Crippen LogP contribution >= 0.6 is 11.3 Å². The van der Waals surface area contributed by atoms with Crippen molar-refractivity contribution in [2.24, 2.45) is 5.92 Å². The fourth-order valence-electron chi connectivity index (χ4n) is 1.85. The minimum absolute atomic E-state index is 0.208. The summed E-state index contributed by atoms with van der Waals surface area (Å²) < 4.78 is 1.45. The summed E-state index contributed by atoms with van der Waals surface area (Å²) in [5.74, 6) is 0.142. The highest BCUT2D eigenvalue weighted by molar-refractivity contribution is 7.12. The molecule has 7 nitrogen and oxygen atoms in total. The summed E-state index contributed by atoms with van der Waals surface area (Å²) in [5, 5.41) is 25.2. The van der Waals surface area contributed by atoms with E-state index in [0.717, 1.165) is 12.8 Å². The van der Waals surface area contributed by atoms with E-state index in [1.807, 2.05) is 5.38 Å². The topological polar surface area (TPSA) is 92.9 Å². The standard InChI is InChI=1S/C11H13N5O2S/c17-9(7-1-2-7)5-12-11(18)10-8(3-4-19-10)16-6-13-14-15-16/h3-4,6-7,9,17H,1-2,5H2,(H,12,18). The second kappa shape index (κ2) is 5.06. The van der Waals surface area contributed by atoms with Gasteiger partial charge in [-0.25, -0.2) is 0 Å². The number of hydrogen-bond donors (Lipinski definition) is 2. The maximum absolute atomic E-state index is 12.1. The molecule has 2 aromatic rings. The predicted octanol–water partition coefficient (Wildman–Crippen LogP) is 0.224. The molecule has 0 aromatic carbocycles. The Morgan fingerprint density at radius 1 is 1.63 bits per heavy atom.